The van der Waals surface area contributed by atoms with E-state index in [0.29, 0.717) is 29.1 Å². The lowest BCUT2D eigenvalue weighted by atomic mass is 9.69. The van der Waals surface area contributed by atoms with Crippen LogP contribution in [-0.4, -0.2) is 18.9 Å². The van der Waals surface area contributed by atoms with Crippen molar-refractivity contribution in [2.45, 2.75) is 24.7 Å². The van der Waals surface area contributed by atoms with Gasteiger partial charge in [0.05, 0.1) is 7.11 Å². The minimum atomic E-state index is -0.669. The minimum absolute atomic E-state index is 0.0500. The molecule has 29 heavy (non-hydrogen) atoms. The average molecular weight is 408 g/mol. The molecule has 0 radical (unpaired) electrons. The van der Waals surface area contributed by atoms with Crippen molar-refractivity contribution in [2.75, 3.05) is 7.11 Å². The number of carbonyl (C=O) groups excluding carboxylic acids is 2. The van der Waals surface area contributed by atoms with E-state index in [-0.39, 0.29) is 11.7 Å². The van der Waals surface area contributed by atoms with E-state index in [1.807, 2.05) is 30.3 Å². The van der Waals surface area contributed by atoms with E-state index < -0.39 is 17.8 Å². The summed E-state index contributed by atoms with van der Waals surface area (Å²) in [4.78, 5) is 25.9. The lowest BCUT2D eigenvalue weighted by molar-refractivity contribution is -0.144. The van der Waals surface area contributed by atoms with E-state index >= 15 is 0 Å². The highest BCUT2D eigenvalue weighted by atomic mass is 35.5. The second-order valence-electron chi connectivity index (χ2n) is 7.51. The number of hydrogen-bond donors (Lipinski definition) is 1. The highest BCUT2D eigenvalue weighted by Crippen LogP contribution is 2.47. The smallest absolute Gasteiger partial charge is 0.315 e. The Morgan fingerprint density at radius 3 is 2.41 bits per heavy atom. The maximum absolute atomic E-state index is 13.3. The number of ether oxygens (including phenoxy) is 1. The number of benzene rings is 2. The Hall–Kier alpha value is -2.85. The third kappa shape index (κ3) is 3.60. The van der Waals surface area contributed by atoms with Crippen LogP contribution < -0.4 is 5.32 Å². The molecule has 0 saturated heterocycles. The quantitative estimate of drug-likeness (QED) is 0.747. The maximum atomic E-state index is 13.3. The fraction of sp³-hybridized carbons (Fsp3) is 0.250. The zero-order valence-electron chi connectivity index (χ0n) is 16.2. The molecule has 0 bridgehead atoms. The van der Waals surface area contributed by atoms with Gasteiger partial charge in [0.15, 0.2) is 5.78 Å². The van der Waals surface area contributed by atoms with Crippen LogP contribution in [0.25, 0.3) is 0 Å². The molecule has 2 aliphatic rings. The van der Waals surface area contributed by atoms with E-state index in [1.165, 1.54) is 7.11 Å². The van der Waals surface area contributed by atoms with Gasteiger partial charge in [0.2, 0.25) is 0 Å². The molecule has 3 atom stereocenters. The Morgan fingerprint density at radius 1 is 1.07 bits per heavy atom. The topological polar surface area (TPSA) is 55.4 Å². The SMILES string of the molecule is C=C1NC2=C(C(=O)CC(c3ccccc3)C2)C(c2ccc(Cl)cc2)C1C(=O)OC. The van der Waals surface area contributed by atoms with Crippen LogP contribution in [0.2, 0.25) is 5.02 Å². The summed E-state index contributed by atoms with van der Waals surface area (Å²) in [7, 11) is 1.35. The van der Waals surface area contributed by atoms with Crippen molar-refractivity contribution in [1.29, 1.82) is 0 Å². The number of allylic oxidation sites excluding steroid dienone is 2. The van der Waals surface area contributed by atoms with Gasteiger partial charge in [-0.2, -0.15) is 0 Å². The van der Waals surface area contributed by atoms with Gasteiger partial charge in [-0.3, -0.25) is 9.59 Å². The fourth-order valence-electron chi connectivity index (χ4n) is 4.44. The van der Waals surface area contributed by atoms with Crippen LogP contribution in [0.3, 0.4) is 0 Å². The number of methoxy groups -OCH3 is 1. The molecular weight excluding hydrogens is 386 g/mol. The first-order valence-electron chi connectivity index (χ1n) is 9.60. The summed E-state index contributed by atoms with van der Waals surface area (Å²) >= 11 is 6.06. The number of carbonyl (C=O) groups is 2. The van der Waals surface area contributed by atoms with Gasteiger partial charge in [-0.15, -0.1) is 0 Å². The highest BCUT2D eigenvalue weighted by Gasteiger charge is 2.45. The number of hydrogen-bond acceptors (Lipinski definition) is 4. The zero-order valence-corrected chi connectivity index (χ0v) is 16.9. The number of nitrogens with one attached hydrogen (secondary N) is 1. The molecule has 0 amide bonds. The van der Waals surface area contributed by atoms with Crippen LogP contribution in [0, 0.1) is 5.92 Å². The number of Topliss-reactive ketones (excluding diaryl/α,β-unsaturated/α-hetero) is 1. The van der Waals surface area contributed by atoms with Crippen LogP contribution in [0.4, 0.5) is 0 Å². The molecule has 1 heterocycles. The van der Waals surface area contributed by atoms with Gasteiger partial charge in [0.25, 0.3) is 0 Å². The second-order valence-corrected chi connectivity index (χ2v) is 7.95. The Labute approximate surface area is 175 Å². The van der Waals surface area contributed by atoms with Gasteiger partial charge >= 0.3 is 5.97 Å². The Bertz CT molecular complexity index is 995. The highest BCUT2D eigenvalue weighted by molar-refractivity contribution is 6.30. The first-order valence-corrected chi connectivity index (χ1v) is 9.97. The number of esters is 1. The summed E-state index contributed by atoms with van der Waals surface area (Å²) < 4.78 is 5.04. The summed E-state index contributed by atoms with van der Waals surface area (Å²) in [6.07, 6.45) is 1.11. The summed E-state index contributed by atoms with van der Waals surface area (Å²) in [5.74, 6) is -1.37. The van der Waals surface area contributed by atoms with Crippen molar-refractivity contribution in [3.63, 3.8) is 0 Å². The molecule has 2 aromatic carbocycles. The summed E-state index contributed by atoms with van der Waals surface area (Å²) in [5, 5.41) is 3.86. The lowest BCUT2D eigenvalue weighted by Crippen LogP contribution is -2.42. The Morgan fingerprint density at radius 2 is 1.76 bits per heavy atom. The molecule has 0 fully saturated rings. The van der Waals surface area contributed by atoms with Crippen LogP contribution in [0.15, 0.2) is 78.1 Å². The molecule has 2 aromatic rings. The van der Waals surface area contributed by atoms with Crippen LogP contribution >= 0.6 is 11.6 Å². The van der Waals surface area contributed by atoms with Gasteiger partial charge in [-0.25, -0.2) is 0 Å². The Balaban J connectivity index is 1.80. The number of ketones is 1. The monoisotopic (exact) mass is 407 g/mol. The van der Waals surface area contributed by atoms with Crippen molar-refractivity contribution in [2.24, 2.45) is 5.92 Å². The van der Waals surface area contributed by atoms with Crippen molar-refractivity contribution in [1.82, 2.24) is 5.32 Å². The standard InChI is InChI=1S/C24H22ClNO3/c1-14-21(24(28)29-2)22(16-8-10-18(25)11-9-16)23-19(26-14)12-17(13-20(23)27)15-6-4-3-5-7-15/h3-11,17,21-22,26H,1,12-13H2,2H3. The molecule has 0 saturated carbocycles. The average Bonchev–Trinajstić information content (AvgIpc) is 2.73. The first kappa shape index (κ1) is 19.5. The summed E-state index contributed by atoms with van der Waals surface area (Å²) in [6, 6.07) is 17.3. The molecule has 4 rings (SSSR count). The fourth-order valence-corrected chi connectivity index (χ4v) is 4.57. The molecule has 0 spiro atoms. The molecule has 148 valence electrons. The zero-order chi connectivity index (χ0) is 20.5. The molecular formula is C24H22ClNO3. The van der Waals surface area contributed by atoms with Crippen molar-refractivity contribution in [3.8, 4) is 0 Å². The largest absolute Gasteiger partial charge is 0.468 e. The second kappa shape index (κ2) is 7.88. The molecule has 3 unspecified atom stereocenters. The lowest BCUT2D eigenvalue weighted by Gasteiger charge is -2.40. The molecule has 4 nitrogen and oxygen atoms in total. The van der Waals surface area contributed by atoms with Gasteiger partial charge < -0.3 is 10.1 Å². The molecule has 5 heteroatoms. The van der Waals surface area contributed by atoms with Gasteiger partial charge in [0.1, 0.15) is 5.92 Å². The van der Waals surface area contributed by atoms with Gasteiger partial charge in [0, 0.05) is 34.3 Å². The molecule has 1 aliphatic carbocycles. The Kier molecular flexibility index (Phi) is 5.29. The van der Waals surface area contributed by atoms with Gasteiger partial charge in [-0.05, 0) is 35.6 Å². The van der Waals surface area contributed by atoms with Crippen LogP contribution in [0.1, 0.15) is 35.8 Å². The van der Waals surface area contributed by atoms with E-state index in [9.17, 15) is 9.59 Å². The summed E-state index contributed by atoms with van der Waals surface area (Å²) in [6.45, 7) is 4.09. The summed E-state index contributed by atoms with van der Waals surface area (Å²) in [5.41, 5.74) is 4.05. The number of halogens is 1. The van der Waals surface area contributed by atoms with E-state index in [2.05, 4.69) is 24.0 Å². The van der Waals surface area contributed by atoms with Crippen molar-refractivity contribution in [3.05, 3.63) is 94.3 Å². The van der Waals surface area contributed by atoms with Gasteiger partial charge in [-0.1, -0.05) is 60.6 Å². The van der Waals surface area contributed by atoms with Crippen LogP contribution in [-0.2, 0) is 14.3 Å². The van der Waals surface area contributed by atoms with E-state index in [0.717, 1.165) is 16.8 Å². The molecule has 0 aromatic heterocycles. The van der Waals surface area contributed by atoms with Crippen LogP contribution in [0.5, 0.6) is 0 Å². The predicted octanol–water partition coefficient (Wildman–Crippen LogP) is 4.73. The maximum Gasteiger partial charge on any atom is 0.315 e. The minimum Gasteiger partial charge on any atom is -0.468 e. The molecule has 1 N–H and O–H groups in total. The van der Waals surface area contributed by atoms with Crippen molar-refractivity contribution < 1.29 is 14.3 Å². The van der Waals surface area contributed by atoms with Crippen molar-refractivity contribution >= 4 is 23.4 Å². The van der Waals surface area contributed by atoms with E-state index in [1.54, 1.807) is 12.1 Å². The molecule has 1 aliphatic heterocycles. The normalized spacial score (nSPS) is 24.0. The third-order valence-electron chi connectivity index (χ3n) is 5.79. The predicted molar refractivity (Wildman–Crippen MR) is 112 cm³/mol. The van der Waals surface area contributed by atoms with E-state index in [4.69, 9.17) is 16.3 Å². The number of rotatable bonds is 3. The first-order chi connectivity index (χ1) is 14.0. The third-order valence-corrected chi connectivity index (χ3v) is 6.05.